The predicted octanol–water partition coefficient (Wildman–Crippen LogP) is 2.68. The molecule has 0 saturated heterocycles. The molecule has 2 aromatic rings. The summed E-state index contributed by atoms with van der Waals surface area (Å²) >= 11 is 0. The molecule has 0 aliphatic rings. The predicted molar refractivity (Wildman–Crippen MR) is 63.6 cm³/mol. The Labute approximate surface area is 98.3 Å². The maximum atomic E-state index is 10.5. The van der Waals surface area contributed by atoms with Crippen LogP contribution in [0, 0.1) is 10.1 Å². The molecule has 17 heavy (non-hydrogen) atoms. The SMILES string of the molecule is O=[N+]([O-])c1ccc([C@@H](O)c2ccccc2)cc1. The van der Waals surface area contributed by atoms with Gasteiger partial charge in [0.25, 0.3) is 5.69 Å². The van der Waals surface area contributed by atoms with Crippen molar-refractivity contribution in [3.05, 3.63) is 75.8 Å². The summed E-state index contributed by atoms with van der Waals surface area (Å²) in [6.45, 7) is 0. The van der Waals surface area contributed by atoms with Gasteiger partial charge >= 0.3 is 0 Å². The molecule has 1 N–H and O–H groups in total. The van der Waals surface area contributed by atoms with Gasteiger partial charge in [0.1, 0.15) is 6.10 Å². The fraction of sp³-hybridized carbons (Fsp3) is 0.0769. The molecule has 0 saturated carbocycles. The topological polar surface area (TPSA) is 63.4 Å². The summed E-state index contributed by atoms with van der Waals surface area (Å²) in [5.74, 6) is 0. The number of nitro benzene ring substituents is 1. The number of hydrogen-bond donors (Lipinski definition) is 1. The van der Waals surface area contributed by atoms with Gasteiger partial charge in [-0.15, -0.1) is 0 Å². The minimum Gasteiger partial charge on any atom is -0.384 e. The number of hydrogen-bond acceptors (Lipinski definition) is 3. The van der Waals surface area contributed by atoms with Crippen molar-refractivity contribution in [2.45, 2.75) is 6.10 Å². The number of non-ortho nitro benzene ring substituents is 1. The van der Waals surface area contributed by atoms with Crippen LogP contribution in [0.5, 0.6) is 0 Å². The lowest BCUT2D eigenvalue weighted by Crippen LogP contribution is -1.99. The van der Waals surface area contributed by atoms with Crippen LogP contribution in [-0.4, -0.2) is 10.0 Å². The molecule has 4 nitrogen and oxygen atoms in total. The van der Waals surface area contributed by atoms with E-state index in [2.05, 4.69) is 0 Å². The maximum absolute atomic E-state index is 10.5. The van der Waals surface area contributed by atoms with Gasteiger partial charge in [-0.2, -0.15) is 0 Å². The Morgan fingerprint density at radius 3 is 2.00 bits per heavy atom. The first kappa shape index (κ1) is 11.3. The van der Waals surface area contributed by atoms with Crippen molar-refractivity contribution < 1.29 is 10.0 Å². The number of benzene rings is 2. The minimum absolute atomic E-state index is 0.0222. The van der Waals surface area contributed by atoms with Crippen molar-refractivity contribution in [1.29, 1.82) is 0 Å². The third kappa shape index (κ3) is 2.49. The number of aliphatic hydroxyl groups excluding tert-OH is 1. The van der Waals surface area contributed by atoms with Gasteiger partial charge in [0, 0.05) is 12.1 Å². The molecular weight excluding hydrogens is 218 g/mol. The number of aliphatic hydroxyl groups is 1. The van der Waals surface area contributed by atoms with Gasteiger partial charge in [-0.25, -0.2) is 0 Å². The molecule has 0 amide bonds. The van der Waals surface area contributed by atoms with E-state index in [4.69, 9.17) is 0 Å². The molecule has 0 heterocycles. The Balaban J connectivity index is 2.26. The molecule has 0 radical (unpaired) electrons. The van der Waals surface area contributed by atoms with E-state index in [1.807, 2.05) is 30.3 Å². The zero-order chi connectivity index (χ0) is 12.3. The summed E-state index contributed by atoms with van der Waals surface area (Å²) in [4.78, 5) is 10.0. The second kappa shape index (κ2) is 4.76. The second-order valence-corrected chi connectivity index (χ2v) is 3.66. The Morgan fingerprint density at radius 1 is 0.941 bits per heavy atom. The van der Waals surface area contributed by atoms with Crippen LogP contribution in [0.15, 0.2) is 54.6 Å². The van der Waals surface area contributed by atoms with Gasteiger partial charge < -0.3 is 5.11 Å². The highest BCUT2D eigenvalue weighted by molar-refractivity contribution is 5.37. The van der Waals surface area contributed by atoms with Crippen LogP contribution in [0.25, 0.3) is 0 Å². The molecule has 2 rings (SSSR count). The van der Waals surface area contributed by atoms with E-state index in [1.165, 1.54) is 12.1 Å². The minimum atomic E-state index is -0.753. The van der Waals surface area contributed by atoms with Gasteiger partial charge in [-0.05, 0) is 23.3 Å². The third-order valence-electron chi connectivity index (χ3n) is 2.53. The van der Waals surface area contributed by atoms with Gasteiger partial charge in [0.05, 0.1) is 4.92 Å². The zero-order valence-electron chi connectivity index (χ0n) is 8.98. The van der Waals surface area contributed by atoms with Gasteiger partial charge in [0.2, 0.25) is 0 Å². The second-order valence-electron chi connectivity index (χ2n) is 3.66. The first-order valence-corrected chi connectivity index (χ1v) is 5.16. The Bertz CT molecular complexity index is 508. The third-order valence-corrected chi connectivity index (χ3v) is 2.53. The molecule has 0 aliphatic heterocycles. The molecular formula is C13H11NO3. The van der Waals surface area contributed by atoms with Crippen molar-refractivity contribution >= 4 is 5.69 Å². The van der Waals surface area contributed by atoms with Gasteiger partial charge in [-0.3, -0.25) is 10.1 Å². The van der Waals surface area contributed by atoms with Crippen LogP contribution in [0.3, 0.4) is 0 Å². The summed E-state index contributed by atoms with van der Waals surface area (Å²) < 4.78 is 0. The van der Waals surface area contributed by atoms with Gasteiger partial charge in [0.15, 0.2) is 0 Å². The van der Waals surface area contributed by atoms with E-state index in [0.29, 0.717) is 5.56 Å². The molecule has 86 valence electrons. The maximum Gasteiger partial charge on any atom is 0.269 e. The molecule has 1 atom stereocenters. The van der Waals surface area contributed by atoms with Crippen LogP contribution in [-0.2, 0) is 0 Å². The highest BCUT2D eigenvalue weighted by Gasteiger charge is 2.11. The van der Waals surface area contributed by atoms with Crippen LogP contribution < -0.4 is 0 Å². The average Bonchev–Trinajstić information content (AvgIpc) is 2.39. The van der Waals surface area contributed by atoms with Crippen LogP contribution in [0.2, 0.25) is 0 Å². The van der Waals surface area contributed by atoms with Crippen molar-refractivity contribution in [1.82, 2.24) is 0 Å². The largest absolute Gasteiger partial charge is 0.384 e. The molecule has 0 unspecified atom stereocenters. The van der Waals surface area contributed by atoms with Crippen LogP contribution >= 0.6 is 0 Å². The van der Waals surface area contributed by atoms with E-state index < -0.39 is 11.0 Å². The number of nitrogens with zero attached hydrogens (tertiary/aromatic N) is 1. The molecule has 0 bridgehead atoms. The summed E-state index contributed by atoms with van der Waals surface area (Å²) in [6.07, 6.45) is -0.753. The molecule has 2 aromatic carbocycles. The lowest BCUT2D eigenvalue weighted by molar-refractivity contribution is -0.384. The average molecular weight is 229 g/mol. The smallest absolute Gasteiger partial charge is 0.269 e. The molecule has 0 aliphatic carbocycles. The van der Waals surface area contributed by atoms with Crippen molar-refractivity contribution in [3.63, 3.8) is 0 Å². The van der Waals surface area contributed by atoms with Crippen LogP contribution in [0.4, 0.5) is 5.69 Å². The van der Waals surface area contributed by atoms with E-state index >= 15 is 0 Å². The van der Waals surface area contributed by atoms with E-state index in [9.17, 15) is 15.2 Å². The first-order valence-electron chi connectivity index (χ1n) is 5.16. The summed E-state index contributed by atoms with van der Waals surface area (Å²) in [5.41, 5.74) is 1.43. The number of nitro groups is 1. The van der Waals surface area contributed by atoms with Crippen molar-refractivity contribution in [2.75, 3.05) is 0 Å². The molecule has 0 aromatic heterocycles. The lowest BCUT2D eigenvalue weighted by atomic mass is 10.0. The van der Waals surface area contributed by atoms with Crippen molar-refractivity contribution in [3.8, 4) is 0 Å². The van der Waals surface area contributed by atoms with E-state index in [0.717, 1.165) is 5.56 Å². The van der Waals surface area contributed by atoms with Gasteiger partial charge in [-0.1, -0.05) is 30.3 Å². The highest BCUT2D eigenvalue weighted by atomic mass is 16.6. The van der Waals surface area contributed by atoms with Crippen LogP contribution in [0.1, 0.15) is 17.2 Å². The summed E-state index contributed by atoms with van der Waals surface area (Å²) in [6, 6.07) is 15.1. The normalized spacial score (nSPS) is 12.1. The fourth-order valence-corrected chi connectivity index (χ4v) is 1.61. The van der Waals surface area contributed by atoms with E-state index in [-0.39, 0.29) is 5.69 Å². The summed E-state index contributed by atoms with van der Waals surface area (Å²) in [5, 5.41) is 20.5. The quantitative estimate of drug-likeness (QED) is 0.650. The Morgan fingerprint density at radius 2 is 1.47 bits per heavy atom. The first-order chi connectivity index (χ1) is 8.18. The monoisotopic (exact) mass is 229 g/mol. The fourth-order valence-electron chi connectivity index (χ4n) is 1.61. The Hall–Kier alpha value is -2.20. The highest BCUT2D eigenvalue weighted by Crippen LogP contribution is 2.23. The summed E-state index contributed by atoms with van der Waals surface area (Å²) in [7, 11) is 0. The standard InChI is InChI=1S/C13H11NO3/c15-13(10-4-2-1-3-5-10)11-6-8-12(9-7-11)14(16)17/h1-9,13,15H/t13-/m0/s1. The molecule has 4 heteroatoms. The number of rotatable bonds is 3. The van der Waals surface area contributed by atoms with E-state index in [1.54, 1.807) is 12.1 Å². The molecule has 0 fully saturated rings. The van der Waals surface area contributed by atoms with Crippen molar-refractivity contribution in [2.24, 2.45) is 0 Å². The lowest BCUT2D eigenvalue weighted by Gasteiger charge is -2.10. The Kier molecular flexibility index (Phi) is 3.16. The zero-order valence-corrected chi connectivity index (χ0v) is 8.98. The molecule has 0 spiro atoms.